The monoisotopic (exact) mass is 196 g/mol. The molecule has 0 unspecified atom stereocenters. The van der Waals surface area contributed by atoms with Gasteiger partial charge in [-0.25, -0.2) is 4.39 Å². The second-order valence-corrected chi connectivity index (χ2v) is 2.60. The van der Waals surface area contributed by atoms with Crippen LogP contribution in [0.15, 0.2) is 24.3 Å². The van der Waals surface area contributed by atoms with Crippen molar-refractivity contribution in [2.24, 2.45) is 5.73 Å². The van der Waals surface area contributed by atoms with E-state index in [1.54, 1.807) is 0 Å². The summed E-state index contributed by atoms with van der Waals surface area (Å²) < 4.78 is 12.8. The van der Waals surface area contributed by atoms with E-state index in [0.29, 0.717) is 0 Å². The Labute approximate surface area is 80.0 Å². The lowest BCUT2D eigenvalue weighted by Crippen LogP contribution is -1.94. The van der Waals surface area contributed by atoms with E-state index in [0.717, 1.165) is 18.2 Å². The predicted molar refractivity (Wildman–Crippen MR) is 51.1 cm³/mol. The van der Waals surface area contributed by atoms with Crippen LogP contribution in [0.2, 0.25) is 0 Å². The third-order valence-electron chi connectivity index (χ3n) is 1.62. The Bertz CT molecular complexity index is 377. The highest BCUT2D eigenvalue weighted by Gasteiger charge is 2.11. The Hall–Kier alpha value is -1.75. The fraction of sp³-hybridized carbons (Fsp3) is 0.111. The van der Waals surface area contributed by atoms with Gasteiger partial charge in [0.1, 0.15) is 5.82 Å². The van der Waals surface area contributed by atoms with Gasteiger partial charge in [-0.2, -0.15) is 0 Å². The molecule has 1 aromatic carbocycles. The quantitative estimate of drug-likeness (QED) is 0.591. The van der Waals surface area contributed by atoms with E-state index >= 15 is 0 Å². The Morgan fingerprint density at radius 1 is 1.57 bits per heavy atom. The molecule has 0 aromatic heterocycles. The molecular formula is C9H9FN2O2. The van der Waals surface area contributed by atoms with Gasteiger partial charge in [-0.1, -0.05) is 12.2 Å². The fourth-order valence-corrected chi connectivity index (χ4v) is 1.02. The van der Waals surface area contributed by atoms with Crippen molar-refractivity contribution < 1.29 is 9.31 Å². The van der Waals surface area contributed by atoms with Gasteiger partial charge in [0.15, 0.2) is 0 Å². The molecule has 2 N–H and O–H groups in total. The van der Waals surface area contributed by atoms with Gasteiger partial charge in [-0.05, 0) is 12.1 Å². The predicted octanol–water partition coefficient (Wildman–Crippen LogP) is 1.71. The third-order valence-corrected chi connectivity index (χ3v) is 1.62. The van der Waals surface area contributed by atoms with E-state index in [4.69, 9.17) is 5.73 Å². The minimum atomic E-state index is -0.560. The zero-order valence-corrected chi connectivity index (χ0v) is 7.31. The minimum Gasteiger partial charge on any atom is -0.327 e. The first kappa shape index (κ1) is 10.3. The highest BCUT2D eigenvalue weighted by molar-refractivity contribution is 5.60. The lowest BCUT2D eigenvalue weighted by Gasteiger charge is -1.96. The second kappa shape index (κ2) is 4.48. The van der Waals surface area contributed by atoms with Gasteiger partial charge < -0.3 is 5.73 Å². The molecule has 0 aliphatic rings. The van der Waals surface area contributed by atoms with E-state index < -0.39 is 10.7 Å². The van der Waals surface area contributed by atoms with Crippen molar-refractivity contribution >= 4 is 11.8 Å². The van der Waals surface area contributed by atoms with Crippen LogP contribution in [0.4, 0.5) is 10.1 Å². The summed E-state index contributed by atoms with van der Waals surface area (Å²) in [6.07, 6.45) is 2.96. The topological polar surface area (TPSA) is 69.2 Å². The summed E-state index contributed by atoms with van der Waals surface area (Å²) in [6.45, 7) is 0.258. The van der Waals surface area contributed by atoms with Crippen LogP contribution in [0.1, 0.15) is 5.56 Å². The Balaban J connectivity index is 3.15. The molecule has 1 rings (SSSR count). The van der Waals surface area contributed by atoms with Crippen LogP contribution in [0.25, 0.3) is 6.08 Å². The molecule has 5 heteroatoms. The first-order chi connectivity index (χ1) is 6.65. The minimum absolute atomic E-state index is 0.129. The van der Waals surface area contributed by atoms with E-state index in [9.17, 15) is 14.5 Å². The summed E-state index contributed by atoms with van der Waals surface area (Å²) in [7, 11) is 0. The molecule has 0 aliphatic carbocycles. The van der Waals surface area contributed by atoms with Crippen molar-refractivity contribution in [3.63, 3.8) is 0 Å². The van der Waals surface area contributed by atoms with Crippen LogP contribution in [0.3, 0.4) is 0 Å². The standard InChI is InChI=1S/C9H9FN2O2/c10-8-3-4-9(12(13)14)7(6-8)2-1-5-11/h1-4,6H,5,11H2. The van der Waals surface area contributed by atoms with Crippen LogP contribution in [0.5, 0.6) is 0 Å². The summed E-state index contributed by atoms with van der Waals surface area (Å²) in [5, 5.41) is 10.5. The molecule has 0 aliphatic heterocycles. The molecule has 0 saturated heterocycles. The third kappa shape index (κ3) is 2.37. The molecule has 1 aromatic rings. The van der Waals surface area contributed by atoms with Gasteiger partial charge in [0.25, 0.3) is 5.69 Å². The molecule has 0 spiro atoms. The average Bonchev–Trinajstić information content (AvgIpc) is 2.14. The maximum absolute atomic E-state index is 12.8. The molecule has 0 radical (unpaired) electrons. The molecule has 74 valence electrons. The molecule has 0 fully saturated rings. The van der Waals surface area contributed by atoms with Crippen molar-refractivity contribution in [3.05, 3.63) is 45.8 Å². The number of rotatable bonds is 3. The van der Waals surface area contributed by atoms with Crippen LogP contribution in [0, 0.1) is 15.9 Å². The molecule has 0 saturated carbocycles. The number of benzene rings is 1. The van der Waals surface area contributed by atoms with Gasteiger partial charge in [0, 0.05) is 12.6 Å². The summed E-state index contributed by atoms with van der Waals surface area (Å²) in [5.74, 6) is -0.507. The first-order valence-corrected chi connectivity index (χ1v) is 3.95. The van der Waals surface area contributed by atoms with E-state index in [2.05, 4.69) is 0 Å². The number of nitrogens with zero attached hydrogens (tertiary/aromatic N) is 1. The number of hydrogen-bond acceptors (Lipinski definition) is 3. The van der Waals surface area contributed by atoms with Gasteiger partial charge >= 0.3 is 0 Å². The van der Waals surface area contributed by atoms with Crippen molar-refractivity contribution in [1.29, 1.82) is 0 Å². The van der Waals surface area contributed by atoms with Gasteiger partial charge in [0.2, 0.25) is 0 Å². The second-order valence-electron chi connectivity index (χ2n) is 2.60. The smallest absolute Gasteiger partial charge is 0.276 e. The summed E-state index contributed by atoms with van der Waals surface area (Å²) in [5.41, 5.74) is 5.28. The van der Waals surface area contributed by atoms with Crippen molar-refractivity contribution in [2.75, 3.05) is 6.54 Å². The molecule has 14 heavy (non-hydrogen) atoms. The van der Waals surface area contributed by atoms with Crippen molar-refractivity contribution in [2.45, 2.75) is 0 Å². The van der Waals surface area contributed by atoms with Gasteiger partial charge in [0.05, 0.1) is 10.5 Å². The summed E-state index contributed by atoms with van der Waals surface area (Å²) >= 11 is 0. The van der Waals surface area contributed by atoms with Crippen LogP contribution in [-0.4, -0.2) is 11.5 Å². The summed E-state index contributed by atoms with van der Waals surface area (Å²) in [4.78, 5) is 9.95. The molecule has 0 amide bonds. The van der Waals surface area contributed by atoms with E-state index in [1.807, 2.05) is 0 Å². The zero-order valence-electron chi connectivity index (χ0n) is 7.31. The van der Waals surface area contributed by atoms with Crippen LogP contribution in [-0.2, 0) is 0 Å². The number of hydrogen-bond donors (Lipinski definition) is 1. The lowest BCUT2D eigenvalue weighted by molar-refractivity contribution is -0.385. The van der Waals surface area contributed by atoms with Crippen LogP contribution >= 0.6 is 0 Å². The Morgan fingerprint density at radius 2 is 2.29 bits per heavy atom. The summed E-state index contributed by atoms with van der Waals surface area (Å²) in [6, 6.07) is 3.29. The van der Waals surface area contributed by atoms with E-state index in [1.165, 1.54) is 12.2 Å². The van der Waals surface area contributed by atoms with E-state index in [-0.39, 0.29) is 17.8 Å². The maximum atomic E-state index is 12.8. The molecule has 4 nitrogen and oxygen atoms in total. The molecule has 0 bridgehead atoms. The highest BCUT2D eigenvalue weighted by atomic mass is 19.1. The molecular weight excluding hydrogens is 187 g/mol. The first-order valence-electron chi connectivity index (χ1n) is 3.95. The number of nitro groups is 1. The largest absolute Gasteiger partial charge is 0.327 e. The Kier molecular flexibility index (Phi) is 3.30. The normalized spacial score (nSPS) is 10.7. The number of nitro benzene ring substituents is 1. The zero-order chi connectivity index (χ0) is 10.6. The van der Waals surface area contributed by atoms with Crippen LogP contribution < -0.4 is 5.73 Å². The van der Waals surface area contributed by atoms with Gasteiger partial charge in [-0.15, -0.1) is 0 Å². The SMILES string of the molecule is NCC=Cc1cc(F)ccc1[N+](=O)[O-]. The fourth-order valence-electron chi connectivity index (χ4n) is 1.02. The molecule has 0 atom stereocenters. The van der Waals surface area contributed by atoms with Crippen molar-refractivity contribution in [1.82, 2.24) is 0 Å². The number of halogens is 1. The van der Waals surface area contributed by atoms with Crippen molar-refractivity contribution in [3.8, 4) is 0 Å². The molecule has 0 heterocycles. The highest BCUT2D eigenvalue weighted by Crippen LogP contribution is 2.20. The Morgan fingerprint density at radius 3 is 2.86 bits per heavy atom. The lowest BCUT2D eigenvalue weighted by atomic mass is 10.1. The average molecular weight is 196 g/mol. The maximum Gasteiger partial charge on any atom is 0.276 e. The van der Waals surface area contributed by atoms with Gasteiger partial charge in [-0.3, -0.25) is 10.1 Å². The number of nitrogens with two attached hydrogens (primary N) is 1.